The minimum Gasteiger partial charge on any atom is -0.367 e. The molecule has 2 rings (SSSR count). The van der Waals surface area contributed by atoms with Crippen molar-refractivity contribution >= 4 is 5.91 Å². The molecule has 0 bridgehead atoms. The normalized spacial score (nSPS) is 22.1. The Morgan fingerprint density at radius 3 is 2.90 bits per heavy atom. The van der Waals surface area contributed by atoms with Crippen molar-refractivity contribution in [3.05, 3.63) is 17.5 Å². The third-order valence-electron chi connectivity index (χ3n) is 3.45. The molecule has 1 fully saturated rings. The van der Waals surface area contributed by atoms with E-state index in [4.69, 9.17) is 10.5 Å². The third-order valence-corrected chi connectivity index (χ3v) is 3.45. The smallest absolute Gasteiger partial charge is 0.272 e. The quantitative estimate of drug-likeness (QED) is 0.888. The SMILES string of the molecule is CCn1nc(C)cc1C(=O)N1CC(CN)OC(C)(C)C1. The lowest BCUT2D eigenvalue weighted by Crippen LogP contribution is -2.56. The molecular weight excluding hydrogens is 256 g/mol. The maximum atomic E-state index is 12.7. The van der Waals surface area contributed by atoms with Crippen LogP contribution in [0.25, 0.3) is 0 Å². The number of hydrogen-bond acceptors (Lipinski definition) is 4. The molecule has 1 amide bonds. The number of aryl methyl sites for hydroxylation is 2. The Balaban J connectivity index is 2.23. The summed E-state index contributed by atoms with van der Waals surface area (Å²) >= 11 is 0. The van der Waals surface area contributed by atoms with Crippen LogP contribution >= 0.6 is 0 Å². The summed E-state index contributed by atoms with van der Waals surface area (Å²) in [5.74, 6) is 0.00211. The summed E-state index contributed by atoms with van der Waals surface area (Å²) in [7, 11) is 0. The minimum atomic E-state index is -0.371. The first kappa shape index (κ1) is 15.0. The zero-order valence-electron chi connectivity index (χ0n) is 12.7. The largest absolute Gasteiger partial charge is 0.367 e. The second-order valence-electron chi connectivity index (χ2n) is 5.91. The van der Waals surface area contributed by atoms with E-state index < -0.39 is 0 Å². The van der Waals surface area contributed by atoms with Crippen molar-refractivity contribution in [2.75, 3.05) is 19.6 Å². The van der Waals surface area contributed by atoms with Crippen molar-refractivity contribution < 1.29 is 9.53 Å². The van der Waals surface area contributed by atoms with Crippen molar-refractivity contribution in [1.29, 1.82) is 0 Å². The molecular formula is C14H24N4O2. The van der Waals surface area contributed by atoms with Gasteiger partial charge in [-0.2, -0.15) is 5.10 Å². The van der Waals surface area contributed by atoms with Crippen LogP contribution in [0.1, 0.15) is 37.0 Å². The molecule has 1 unspecified atom stereocenters. The van der Waals surface area contributed by atoms with Gasteiger partial charge < -0.3 is 15.4 Å². The lowest BCUT2D eigenvalue weighted by molar-refractivity contribution is -0.122. The van der Waals surface area contributed by atoms with Crippen LogP contribution < -0.4 is 5.73 Å². The predicted octanol–water partition coefficient (Wildman–Crippen LogP) is 0.790. The number of nitrogens with zero attached hydrogens (tertiary/aromatic N) is 3. The van der Waals surface area contributed by atoms with Crippen LogP contribution in [0.3, 0.4) is 0 Å². The zero-order valence-corrected chi connectivity index (χ0v) is 12.7. The summed E-state index contributed by atoms with van der Waals surface area (Å²) in [6.07, 6.45) is -0.109. The first-order valence-electron chi connectivity index (χ1n) is 7.08. The summed E-state index contributed by atoms with van der Waals surface area (Å²) in [6.45, 7) is 10.0. The number of morpholine rings is 1. The van der Waals surface area contributed by atoms with E-state index in [-0.39, 0.29) is 17.6 Å². The van der Waals surface area contributed by atoms with Crippen LogP contribution in [0.5, 0.6) is 0 Å². The highest BCUT2D eigenvalue weighted by molar-refractivity contribution is 5.92. The Labute approximate surface area is 119 Å². The molecule has 6 heteroatoms. The summed E-state index contributed by atoms with van der Waals surface area (Å²) in [5.41, 5.74) is 6.83. The number of rotatable bonds is 3. The molecule has 0 saturated carbocycles. The van der Waals surface area contributed by atoms with Crippen LogP contribution in [-0.4, -0.2) is 51.9 Å². The van der Waals surface area contributed by atoms with Gasteiger partial charge in [0.2, 0.25) is 0 Å². The van der Waals surface area contributed by atoms with Gasteiger partial charge in [0, 0.05) is 26.2 Å². The first-order valence-corrected chi connectivity index (χ1v) is 7.08. The molecule has 0 radical (unpaired) electrons. The maximum absolute atomic E-state index is 12.7. The van der Waals surface area contributed by atoms with Crippen molar-refractivity contribution in [1.82, 2.24) is 14.7 Å². The van der Waals surface area contributed by atoms with Crippen molar-refractivity contribution in [3.8, 4) is 0 Å². The Hall–Kier alpha value is -1.40. The predicted molar refractivity (Wildman–Crippen MR) is 76.5 cm³/mol. The highest BCUT2D eigenvalue weighted by Gasteiger charge is 2.36. The maximum Gasteiger partial charge on any atom is 0.272 e. The lowest BCUT2D eigenvalue weighted by atomic mass is 10.0. The van der Waals surface area contributed by atoms with Gasteiger partial charge in [0.1, 0.15) is 5.69 Å². The molecule has 2 heterocycles. The highest BCUT2D eigenvalue weighted by Crippen LogP contribution is 2.22. The number of nitrogens with two attached hydrogens (primary N) is 1. The fourth-order valence-corrected chi connectivity index (χ4v) is 2.69. The van der Waals surface area contributed by atoms with Crippen LogP contribution in [0.15, 0.2) is 6.07 Å². The Bertz CT molecular complexity index is 495. The molecule has 0 spiro atoms. The van der Waals surface area contributed by atoms with Gasteiger partial charge in [-0.1, -0.05) is 0 Å². The van der Waals surface area contributed by atoms with Gasteiger partial charge >= 0.3 is 0 Å². The van der Waals surface area contributed by atoms with E-state index in [0.717, 1.165) is 5.69 Å². The monoisotopic (exact) mass is 280 g/mol. The fourth-order valence-electron chi connectivity index (χ4n) is 2.69. The van der Waals surface area contributed by atoms with Crippen molar-refractivity contribution in [3.63, 3.8) is 0 Å². The average molecular weight is 280 g/mol. The molecule has 2 N–H and O–H groups in total. The number of carbonyl (C=O) groups excluding carboxylic acids is 1. The standard InChI is InChI=1S/C14H24N4O2/c1-5-18-12(6-10(2)16-18)13(19)17-8-11(7-15)20-14(3,4)9-17/h6,11H,5,7-9,15H2,1-4H3. The molecule has 1 saturated heterocycles. The van der Waals surface area contributed by atoms with Gasteiger partial charge in [0.05, 0.1) is 17.4 Å². The fraction of sp³-hybridized carbons (Fsp3) is 0.714. The summed E-state index contributed by atoms with van der Waals surface area (Å²) in [4.78, 5) is 14.5. The van der Waals surface area contributed by atoms with E-state index in [1.54, 1.807) is 4.68 Å². The van der Waals surface area contributed by atoms with Crippen LogP contribution in [-0.2, 0) is 11.3 Å². The Morgan fingerprint density at radius 1 is 1.60 bits per heavy atom. The van der Waals surface area contributed by atoms with Gasteiger partial charge in [-0.05, 0) is 33.8 Å². The van der Waals surface area contributed by atoms with E-state index in [9.17, 15) is 4.79 Å². The summed E-state index contributed by atoms with van der Waals surface area (Å²) < 4.78 is 7.61. The molecule has 0 aliphatic carbocycles. The van der Waals surface area contributed by atoms with Gasteiger partial charge in [-0.25, -0.2) is 0 Å². The molecule has 1 aromatic heterocycles. The second-order valence-corrected chi connectivity index (χ2v) is 5.91. The summed E-state index contributed by atoms with van der Waals surface area (Å²) in [5, 5.41) is 4.33. The summed E-state index contributed by atoms with van der Waals surface area (Å²) in [6, 6.07) is 1.84. The van der Waals surface area contributed by atoms with Gasteiger partial charge in [0.25, 0.3) is 5.91 Å². The van der Waals surface area contributed by atoms with E-state index in [2.05, 4.69) is 5.10 Å². The molecule has 0 aromatic carbocycles. The second kappa shape index (κ2) is 5.54. The topological polar surface area (TPSA) is 73.4 Å². The zero-order chi connectivity index (χ0) is 14.9. The van der Waals surface area contributed by atoms with Crippen LogP contribution in [0, 0.1) is 6.92 Å². The highest BCUT2D eigenvalue weighted by atomic mass is 16.5. The number of aromatic nitrogens is 2. The van der Waals surface area contributed by atoms with E-state index in [1.807, 2.05) is 38.7 Å². The van der Waals surface area contributed by atoms with E-state index in [0.29, 0.717) is 31.9 Å². The van der Waals surface area contributed by atoms with Gasteiger partial charge in [-0.15, -0.1) is 0 Å². The average Bonchev–Trinajstić information content (AvgIpc) is 2.77. The van der Waals surface area contributed by atoms with Crippen LogP contribution in [0.2, 0.25) is 0 Å². The lowest BCUT2D eigenvalue weighted by Gasteiger charge is -2.42. The molecule has 1 aliphatic rings. The minimum absolute atomic E-state index is 0.00211. The Morgan fingerprint density at radius 2 is 2.30 bits per heavy atom. The number of amides is 1. The molecule has 1 atom stereocenters. The number of hydrogen-bond donors (Lipinski definition) is 1. The van der Waals surface area contributed by atoms with E-state index in [1.165, 1.54) is 0 Å². The van der Waals surface area contributed by atoms with Gasteiger partial charge in [-0.3, -0.25) is 9.48 Å². The van der Waals surface area contributed by atoms with E-state index >= 15 is 0 Å². The molecule has 6 nitrogen and oxygen atoms in total. The molecule has 112 valence electrons. The number of carbonyl (C=O) groups is 1. The van der Waals surface area contributed by atoms with Gasteiger partial charge in [0.15, 0.2) is 0 Å². The molecule has 1 aromatic rings. The molecule has 20 heavy (non-hydrogen) atoms. The number of ether oxygens (including phenoxy) is 1. The van der Waals surface area contributed by atoms with Crippen molar-refractivity contribution in [2.45, 2.75) is 45.9 Å². The third kappa shape index (κ3) is 3.02. The first-order chi connectivity index (χ1) is 9.36. The van der Waals surface area contributed by atoms with Crippen LogP contribution in [0.4, 0.5) is 0 Å². The molecule has 1 aliphatic heterocycles. The van der Waals surface area contributed by atoms with Crippen molar-refractivity contribution in [2.24, 2.45) is 5.73 Å². The Kier molecular flexibility index (Phi) is 4.15.